The predicted molar refractivity (Wildman–Crippen MR) is 77.6 cm³/mol. The summed E-state index contributed by atoms with van der Waals surface area (Å²) in [4.78, 5) is 5.21. The summed E-state index contributed by atoms with van der Waals surface area (Å²) in [5, 5.41) is 0.840. The second-order valence-electron chi connectivity index (χ2n) is 5.56. The van der Waals surface area contributed by atoms with E-state index in [1.807, 2.05) is 6.07 Å². The van der Waals surface area contributed by atoms with Crippen molar-refractivity contribution in [2.24, 2.45) is 0 Å². The Hall–Kier alpha value is -0.730. The minimum atomic E-state index is 0.766. The molecule has 2 aliphatic rings. The maximum atomic E-state index is 6.04. The molecule has 18 heavy (non-hydrogen) atoms. The van der Waals surface area contributed by atoms with Crippen molar-refractivity contribution in [2.45, 2.75) is 32.2 Å². The molecule has 2 fully saturated rings. The van der Waals surface area contributed by atoms with Crippen LogP contribution in [0.2, 0.25) is 5.02 Å². The van der Waals surface area contributed by atoms with E-state index in [2.05, 4.69) is 28.9 Å². The quantitative estimate of drug-likeness (QED) is 0.768. The zero-order valence-electron chi connectivity index (χ0n) is 11.0. The van der Waals surface area contributed by atoms with Gasteiger partial charge in [-0.05, 0) is 50.1 Å². The molecular formula is C15H21ClN2. The van der Waals surface area contributed by atoms with Crippen molar-refractivity contribution in [2.75, 3.05) is 31.1 Å². The van der Waals surface area contributed by atoms with Crippen LogP contribution in [0, 0.1) is 6.92 Å². The van der Waals surface area contributed by atoms with Crippen molar-refractivity contribution in [3.05, 3.63) is 28.8 Å². The number of fused-ring (bicyclic) bond motifs is 1. The van der Waals surface area contributed by atoms with E-state index in [0.29, 0.717) is 0 Å². The molecule has 0 aromatic heterocycles. The average Bonchev–Trinajstić information content (AvgIpc) is 2.38. The van der Waals surface area contributed by atoms with E-state index in [1.54, 1.807) is 0 Å². The summed E-state index contributed by atoms with van der Waals surface area (Å²) < 4.78 is 0. The van der Waals surface area contributed by atoms with Crippen LogP contribution in [0.25, 0.3) is 0 Å². The molecule has 2 saturated heterocycles. The van der Waals surface area contributed by atoms with Gasteiger partial charge in [0.25, 0.3) is 0 Å². The van der Waals surface area contributed by atoms with Crippen LogP contribution >= 0.6 is 11.6 Å². The Bertz CT molecular complexity index is 433. The molecule has 1 aromatic rings. The van der Waals surface area contributed by atoms with E-state index in [-0.39, 0.29) is 0 Å². The number of piperidine rings is 1. The maximum absolute atomic E-state index is 6.04. The highest BCUT2D eigenvalue weighted by molar-refractivity contribution is 6.30. The first-order valence-corrected chi connectivity index (χ1v) is 7.37. The lowest BCUT2D eigenvalue weighted by Gasteiger charge is -2.45. The van der Waals surface area contributed by atoms with Crippen molar-refractivity contribution < 1.29 is 0 Å². The largest absolute Gasteiger partial charge is 0.368 e. The molecule has 1 atom stereocenters. The number of hydrogen-bond acceptors (Lipinski definition) is 2. The number of hydrogen-bond donors (Lipinski definition) is 0. The third kappa shape index (κ3) is 2.36. The molecule has 2 heterocycles. The number of aryl methyl sites for hydroxylation is 1. The first-order valence-electron chi connectivity index (χ1n) is 6.99. The lowest BCUT2D eigenvalue weighted by molar-refractivity contribution is 0.133. The van der Waals surface area contributed by atoms with Gasteiger partial charge in [-0.25, -0.2) is 0 Å². The van der Waals surface area contributed by atoms with Crippen molar-refractivity contribution in [1.29, 1.82) is 0 Å². The van der Waals surface area contributed by atoms with E-state index in [4.69, 9.17) is 11.6 Å². The van der Waals surface area contributed by atoms with Gasteiger partial charge in [-0.1, -0.05) is 18.0 Å². The number of nitrogens with zero attached hydrogens (tertiary/aromatic N) is 2. The fourth-order valence-corrected chi connectivity index (χ4v) is 3.58. The summed E-state index contributed by atoms with van der Waals surface area (Å²) in [6.07, 6.45) is 4.15. The molecule has 0 bridgehead atoms. The number of rotatable bonds is 1. The topological polar surface area (TPSA) is 6.48 Å². The molecule has 98 valence electrons. The lowest BCUT2D eigenvalue weighted by Crippen LogP contribution is -2.55. The Morgan fingerprint density at radius 1 is 1.17 bits per heavy atom. The van der Waals surface area contributed by atoms with E-state index < -0.39 is 0 Å². The fourth-order valence-electron chi connectivity index (χ4n) is 3.35. The smallest absolute Gasteiger partial charge is 0.0410 e. The van der Waals surface area contributed by atoms with Crippen LogP contribution in [0.15, 0.2) is 18.2 Å². The summed E-state index contributed by atoms with van der Waals surface area (Å²) in [5.74, 6) is 0. The van der Waals surface area contributed by atoms with Crippen molar-refractivity contribution in [1.82, 2.24) is 4.90 Å². The lowest BCUT2D eigenvalue weighted by atomic mass is 9.99. The van der Waals surface area contributed by atoms with E-state index in [9.17, 15) is 0 Å². The minimum Gasteiger partial charge on any atom is -0.368 e. The zero-order chi connectivity index (χ0) is 12.5. The zero-order valence-corrected chi connectivity index (χ0v) is 11.8. The van der Waals surface area contributed by atoms with Crippen molar-refractivity contribution in [3.63, 3.8) is 0 Å². The van der Waals surface area contributed by atoms with Gasteiger partial charge in [-0.2, -0.15) is 0 Å². The van der Waals surface area contributed by atoms with Gasteiger partial charge in [0.1, 0.15) is 0 Å². The highest BCUT2D eigenvalue weighted by Gasteiger charge is 2.29. The van der Waals surface area contributed by atoms with Crippen LogP contribution in [0.4, 0.5) is 5.69 Å². The number of piperazine rings is 1. The Kier molecular flexibility index (Phi) is 3.49. The normalized spacial score (nSPS) is 25.0. The summed E-state index contributed by atoms with van der Waals surface area (Å²) in [6.45, 7) is 7.01. The first-order chi connectivity index (χ1) is 8.74. The standard InChI is InChI=1S/C15H21ClN2/c1-12-10-13(16)5-6-15(12)18-9-8-17-7-3-2-4-14(17)11-18/h5-6,10,14H,2-4,7-9,11H2,1H3. The minimum absolute atomic E-state index is 0.766. The van der Waals surface area contributed by atoms with E-state index in [0.717, 1.165) is 17.6 Å². The molecule has 0 saturated carbocycles. The summed E-state index contributed by atoms with van der Waals surface area (Å²) in [6, 6.07) is 7.03. The van der Waals surface area contributed by atoms with Crippen LogP contribution in [0.5, 0.6) is 0 Å². The van der Waals surface area contributed by atoms with Gasteiger partial charge in [0.15, 0.2) is 0 Å². The molecule has 2 nitrogen and oxygen atoms in total. The van der Waals surface area contributed by atoms with Crippen molar-refractivity contribution in [3.8, 4) is 0 Å². The first kappa shape index (κ1) is 12.3. The second-order valence-corrected chi connectivity index (χ2v) is 6.00. The van der Waals surface area contributed by atoms with Crippen LogP contribution in [0.1, 0.15) is 24.8 Å². The molecular weight excluding hydrogens is 244 g/mol. The third-order valence-corrected chi connectivity index (χ3v) is 4.57. The van der Waals surface area contributed by atoms with Crippen molar-refractivity contribution >= 4 is 17.3 Å². The van der Waals surface area contributed by atoms with Crippen LogP contribution in [0.3, 0.4) is 0 Å². The molecule has 3 heteroatoms. The van der Waals surface area contributed by atoms with Gasteiger partial charge in [0.05, 0.1) is 0 Å². The van der Waals surface area contributed by atoms with Gasteiger partial charge < -0.3 is 4.90 Å². The Morgan fingerprint density at radius 2 is 2.06 bits per heavy atom. The average molecular weight is 265 g/mol. The third-order valence-electron chi connectivity index (χ3n) is 4.34. The molecule has 0 N–H and O–H groups in total. The monoisotopic (exact) mass is 264 g/mol. The maximum Gasteiger partial charge on any atom is 0.0410 e. The molecule has 1 aromatic carbocycles. The van der Waals surface area contributed by atoms with E-state index >= 15 is 0 Å². The SMILES string of the molecule is Cc1cc(Cl)ccc1N1CCN2CCCCC2C1. The second kappa shape index (κ2) is 5.10. The number of benzene rings is 1. The molecule has 0 spiro atoms. The predicted octanol–water partition coefficient (Wildman–Crippen LogP) is 3.32. The highest BCUT2D eigenvalue weighted by atomic mass is 35.5. The Labute approximate surface area is 115 Å². The molecule has 0 radical (unpaired) electrons. The van der Waals surface area contributed by atoms with Gasteiger partial charge >= 0.3 is 0 Å². The highest BCUT2D eigenvalue weighted by Crippen LogP contribution is 2.28. The van der Waals surface area contributed by atoms with E-state index in [1.165, 1.54) is 50.1 Å². The molecule has 3 rings (SSSR count). The molecule has 0 aliphatic carbocycles. The molecule has 0 amide bonds. The van der Waals surface area contributed by atoms with Crippen LogP contribution < -0.4 is 4.90 Å². The number of anilines is 1. The summed E-state index contributed by atoms with van der Waals surface area (Å²) >= 11 is 6.04. The summed E-state index contributed by atoms with van der Waals surface area (Å²) in [5.41, 5.74) is 2.66. The van der Waals surface area contributed by atoms with Gasteiger partial charge in [-0.3, -0.25) is 4.90 Å². The Balaban J connectivity index is 1.77. The van der Waals surface area contributed by atoms with Gasteiger partial charge in [0, 0.05) is 36.4 Å². The summed E-state index contributed by atoms with van der Waals surface area (Å²) in [7, 11) is 0. The molecule has 2 aliphatic heterocycles. The van der Waals surface area contributed by atoms with Gasteiger partial charge in [-0.15, -0.1) is 0 Å². The molecule has 1 unspecified atom stereocenters. The number of halogens is 1. The fraction of sp³-hybridized carbons (Fsp3) is 0.600. The van der Waals surface area contributed by atoms with Gasteiger partial charge in [0.2, 0.25) is 0 Å². The van der Waals surface area contributed by atoms with Crippen LogP contribution in [-0.2, 0) is 0 Å². The Morgan fingerprint density at radius 3 is 2.89 bits per heavy atom. The van der Waals surface area contributed by atoms with Crippen LogP contribution in [-0.4, -0.2) is 37.1 Å².